The molecule has 27 heavy (non-hydrogen) atoms. The highest BCUT2D eigenvalue weighted by Gasteiger charge is 2.21. The van der Waals surface area contributed by atoms with E-state index in [4.69, 9.17) is 21.1 Å². The number of benzene rings is 2. The Balaban J connectivity index is 2.15. The first kappa shape index (κ1) is 20.8. The molecule has 0 aliphatic rings. The summed E-state index contributed by atoms with van der Waals surface area (Å²) < 4.78 is 10.9. The molecule has 0 aromatic heterocycles. The molecule has 6 heteroatoms. The number of hydrogen-bond donors (Lipinski definition) is 1. The topological polar surface area (TPSA) is 64.6 Å². The molecule has 0 saturated heterocycles. The molecule has 0 saturated carbocycles. The number of esters is 1. The van der Waals surface area contributed by atoms with E-state index in [0.29, 0.717) is 40.6 Å². The lowest BCUT2D eigenvalue weighted by atomic mass is 10.1. The van der Waals surface area contributed by atoms with Gasteiger partial charge in [-0.15, -0.1) is 0 Å². The molecule has 0 spiro atoms. The Morgan fingerprint density at radius 3 is 2.52 bits per heavy atom. The van der Waals surface area contributed by atoms with E-state index in [0.717, 1.165) is 5.56 Å². The summed E-state index contributed by atoms with van der Waals surface area (Å²) in [4.78, 5) is 24.7. The number of aryl methyl sites for hydroxylation is 1. The monoisotopic (exact) mass is 389 g/mol. The van der Waals surface area contributed by atoms with Crippen molar-refractivity contribution in [2.75, 3.05) is 11.9 Å². The number of carbonyl (C=O) groups is 2. The molecule has 0 radical (unpaired) electrons. The Morgan fingerprint density at radius 2 is 1.89 bits per heavy atom. The number of halogens is 1. The number of ether oxygens (including phenoxy) is 2. The molecule has 2 aromatic rings. The molecule has 0 aliphatic carbocycles. The van der Waals surface area contributed by atoms with Crippen LogP contribution in [0, 0.1) is 13.8 Å². The number of amides is 1. The average molecular weight is 390 g/mol. The van der Waals surface area contributed by atoms with Crippen molar-refractivity contribution in [1.29, 1.82) is 0 Å². The number of nitrogens with one attached hydrogen (secondary N) is 1. The summed E-state index contributed by atoms with van der Waals surface area (Å²) >= 11 is 6.03. The molecular weight excluding hydrogens is 366 g/mol. The highest BCUT2D eigenvalue weighted by molar-refractivity contribution is 6.31. The third-order valence-electron chi connectivity index (χ3n) is 4.16. The predicted molar refractivity (Wildman–Crippen MR) is 107 cm³/mol. The lowest BCUT2D eigenvalue weighted by Gasteiger charge is -2.19. The molecule has 0 heterocycles. The second kappa shape index (κ2) is 9.42. The maximum atomic E-state index is 12.7. The maximum Gasteiger partial charge on any atom is 0.338 e. The molecule has 0 bridgehead atoms. The molecule has 1 N–H and O–H groups in total. The summed E-state index contributed by atoms with van der Waals surface area (Å²) in [5.41, 5.74) is 2.51. The zero-order chi connectivity index (χ0) is 20.0. The van der Waals surface area contributed by atoms with Gasteiger partial charge in [-0.05, 0) is 68.7 Å². The van der Waals surface area contributed by atoms with Gasteiger partial charge in [-0.3, -0.25) is 4.79 Å². The Labute approximate surface area is 164 Å². The third kappa shape index (κ3) is 5.23. The minimum atomic E-state index is -0.670. The van der Waals surface area contributed by atoms with Gasteiger partial charge in [0.1, 0.15) is 5.75 Å². The standard InChI is InChI=1S/C21H24ClNO4/c1-5-19(27-15-10-11-17(22)13(3)12-15)20(24)23-18-9-7-8-16(14(18)4)21(25)26-6-2/h7-12,19H,5-6H2,1-4H3,(H,23,24)/t19-/m1/s1. The minimum absolute atomic E-state index is 0.283. The molecule has 144 valence electrons. The largest absolute Gasteiger partial charge is 0.481 e. The second-order valence-corrected chi connectivity index (χ2v) is 6.52. The summed E-state index contributed by atoms with van der Waals surface area (Å²) in [6.45, 7) is 7.56. The zero-order valence-electron chi connectivity index (χ0n) is 16.0. The first-order chi connectivity index (χ1) is 12.9. The molecule has 1 atom stereocenters. The van der Waals surface area contributed by atoms with Crippen LogP contribution in [0.4, 0.5) is 5.69 Å². The van der Waals surface area contributed by atoms with E-state index in [1.54, 1.807) is 50.2 Å². The van der Waals surface area contributed by atoms with Crippen molar-refractivity contribution in [2.45, 2.75) is 40.2 Å². The Morgan fingerprint density at radius 1 is 1.15 bits per heavy atom. The van der Waals surface area contributed by atoms with E-state index in [-0.39, 0.29) is 5.91 Å². The van der Waals surface area contributed by atoms with Crippen LogP contribution in [0.3, 0.4) is 0 Å². The van der Waals surface area contributed by atoms with Gasteiger partial charge < -0.3 is 14.8 Å². The highest BCUT2D eigenvalue weighted by atomic mass is 35.5. The Hall–Kier alpha value is -2.53. The SMILES string of the molecule is CCOC(=O)c1cccc(NC(=O)[C@@H](CC)Oc2ccc(Cl)c(C)c2)c1C. The van der Waals surface area contributed by atoms with E-state index < -0.39 is 12.1 Å². The smallest absolute Gasteiger partial charge is 0.338 e. The normalized spacial score (nSPS) is 11.6. The first-order valence-corrected chi connectivity index (χ1v) is 9.25. The van der Waals surface area contributed by atoms with Crippen molar-refractivity contribution in [2.24, 2.45) is 0 Å². The lowest BCUT2D eigenvalue weighted by molar-refractivity contribution is -0.122. The van der Waals surface area contributed by atoms with Crippen LogP contribution < -0.4 is 10.1 Å². The zero-order valence-corrected chi connectivity index (χ0v) is 16.7. The number of rotatable bonds is 7. The number of anilines is 1. The van der Waals surface area contributed by atoms with Crippen LogP contribution in [0.1, 0.15) is 41.8 Å². The van der Waals surface area contributed by atoms with Gasteiger partial charge in [0, 0.05) is 10.7 Å². The van der Waals surface area contributed by atoms with Gasteiger partial charge in [0.25, 0.3) is 5.91 Å². The maximum absolute atomic E-state index is 12.7. The fraction of sp³-hybridized carbons (Fsp3) is 0.333. The van der Waals surface area contributed by atoms with Crippen LogP contribution in [0.15, 0.2) is 36.4 Å². The van der Waals surface area contributed by atoms with E-state index in [9.17, 15) is 9.59 Å². The van der Waals surface area contributed by atoms with Crippen LogP contribution in [-0.2, 0) is 9.53 Å². The summed E-state index contributed by atoms with van der Waals surface area (Å²) in [6.07, 6.45) is -0.180. The summed E-state index contributed by atoms with van der Waals surface area (Å²) in [5.74, 6) is -0.115. The summed E-state index contributed by atoms with van der Waals surface area (Å²) in [5, 5.41) is 3.49. The van der Waals surface area contributed by atoms with E-state index >= 15 is 0 Å². The predicted octanol–water partition coefficient (Wildman–Crippen LogP) is 4.93. The quantitative estimate of drug-likeness (QED) is 0.682. The van der Waals surface area contributed by atoms with Crippen LogP contribution >= 0.6 is 11.6 Å². The van der Waals surface area contributed by atoms with Gasteiger partial charge >= 0.3 is 5.97 Å². The van der Waals surface area contributed by atoms with Gasteiger partial charge in [0.05, 0.1) is 12.2 Å². The molecule has 1 amide bonds. The van der Waals surface area contributed by atoms with Crippen molar-refractivity contribution >= 4 is 29.2 Å². The van der Waals surface area contributed by atoms with E-state index in [2.05, 4.69) is 5.32 Å². The van der Waals surface area contributed by atoms with Crippen molar-refractivity contribution in [1.82, 2.24) is 0 Å². The molecule has 0 unspecified atom stereocenters. The molecule has 2 rings (SSSR count). The van der Waals surface area contributed by atoms with Gasteiger partial charge in [0.2, 0.25) is 0 Å². The van der Waals surface area contributed by atoms with Crippen molar-refractivity contribution in [3.63, 3.8) is 0 Å². The minimum Gasteiger partial charge on any atom is -0.481 e. The van der Waals surface area contributed by atoms with E-state index in [1.165, 1.54) is 0 Å². The average Bonchev–Trinajstić information content (AvgIpc) is 2.64. The Bertz CT molecular complexity index is 835. The Kier molecular flexibility index (Phi) is 7.25. The van der Waals surface area contributed by atoms with Crippen LogP contribution in [0.2, 0.25) is 5.02 Å². The number of carbonyl (C=O) groups excluding carboxylic acids is 2. The van der Waals surface area contributed by atoms with Gasteiger partial charge in [0.15, 0.2) is 6.10 Å². The molecular formula is C21H24ClNO4. The summed E-state index contributed by atoms with van der Waals surface area (Å²) in [6, 6.07) is 10.4. The van der Waals surface area contributed by atoms with E-state index in [1.807, 2.05) is 13.8 Å². The van der Waals surface area contributed by atoms with Crippen LogP contribution in [0.25, 0.3) is 0 Å². The second-order valence-electron chi connectivity index (χ2n) is 6.11. The molecule has 0 aliphatic heterocycles. The molecule has 0 fully saturated rings. The van der Waals surface area contributed by atoms with Crippen LogP contribution in [0.5, 0.6) is 5.75 Å². The fourth-order valence-corrected chi connectivity index (χ4v) is 2.71. The first-order valence-electron chi connectivity index (χ1n) is 8.87. The van der Waals surface area contributed by atoms with Crippen molar-refractivity contribution in [3.8, 4) is 5.75 Å². The van der Waals surface area contributed by atoms with Crippen LogP contribution in [-0.4, -0.2) is 24.6 Å². The van der Waals surface area contributed by atoms with Gasteiger partial charge in [-0.2, -0.15) is 0 Å². The van der Waals surface area contributed by atoms with Gasteiger partial charge in [-0.25, -0.2) is 4.79 Å². The fourth-order valence-electron chi connectivity index (χ4n) is 2.59. The highest BCUT2D eigenvalue weighted by Crippen LogP contribution is 2.24. The van der Waals surface area contributed by atoms with Crippen molar-refractivity contribution in [3.05, 3.63) is 58.1 Å². The summed E-state index contributed by atoms with van der Waals surface area (Å²) in [7, 11) is 0. The van der Waals surface area contributed by atoms with Gasteiger partial charge in [-0.1, -0.05) is 24.6 Å². The molecule has 5 nitrogen and oxygen atoms in total. The molecule has 2 aromatic carbocycles. The van der Waals surface area contributed by atoms with Crippen molar-refractivity contribution < 1.29 is 19.1 Å². The number of hydrogen-bond acceptors (Lipinski definition) is 4. The lowest BCUT2D eigenvalue weighted by Crippen LogP contribution is -2.32. The third-order valence-corrected chi connectivity index (χ3v) is 4.58.